The van der Waals surface area contributed by atoms with Gasteiger partial charge in [-0.25, -0.2) is 0 Å². The molecule has 0 spiro atoms. The van der Waals surface area contributed by atoms with Crippen LogP contribution in [0.25, 0.3) is 0 Å². The van der Waals surface area contributed by atoms with Gasteiger partial charge in [0.15, 0.2) is 0 Å². The van der Waals surface area contributed by atoms with Crippen LogP contribution in [-0.4, -0.2) is 62.1 Å². The van der Waals surface area contributed by atoms with Crippen LogP contribution >= 0.6 is 0 Å². The number of hydrogen-bond acceptors (Lipinski definition) is 4. The predicted molar refractivity (Wildman–Crippen MR) is 101 cm³/mol. The molecule has 2 aliphatic rings. The maximum atomic E-state index is 11.9. The maximum absolute atomic E-state index is 11.9. The number of piperidine rings is 2. The molecule has 2 heterocycles. The zero-order valence-electron chi connectivity index (χ0n) is 15.7. The molecule has 0 aromatic heterocycles. The first-order valence-electron chi connectivity index (χ1n) is 9.73. The van der Waals surface area contributed by atoms with Gasteiger partial charge in [-0.3, -0.25) is 14.6 Å². The smallest absolute Gasteiger partial charge is 0.310 e. The third kappa shape index (κ3) is 7.95. The van der Waals surface area contributed by atoms with Gasteiger partial charge < -0.3 is 4.74 Å². The molecule has 0 amide bonds. The number of rotatable bonds is 5. The molecule has 4 heteroatoms. The van der Waals surface area contributed by atoms with Crippen molar-refractivity contribution in [1.82, 2.24) is 9.80 Å². The van der Waals surface area contributed by atoms with Gasteiger partial charge in [-0.05, 0) is 51.9 Å². The van der Waals surface area contributed by atoms with Gasteiger partial charge in [-0.2, -0.15) is 0 Å². The minimum Gasteiger partial charge on any atom is -0.469 e. The second-order valence-electron chi connectivity index (χ2n) is 7.01. The summed E-state index contributed by atoms with van der Waals surface area (Å²) in [5.41, 5.74) is 0. The summed E-state index contributed by atoms with van der Waals surface area (Å²) < 4.78 is 4.91. The fourth-order valence-corrected chi connectivity index (χ4v) is 3.37. The van der Waals surface area contributed by atoms with Gasteiger partial charge in [-0.1, -0.05) is 24.7 Å². The van der Waals surface area contributed by atoms with Gasteiger partial charge in [0.2, 0.25) is 0 Å². The topological polar surface area (TPSA) is 32.8 Å². The maximum Gasteiger partial charge on any atom is 0.310 e. The number of nitrogens with zero attached hydrogens (tertiary/aromatic N) is 2. The summed E-state index contributed by atoms with van der Waals surface area (Å²) in [6.45, 7) is 6.23. The minimum absolute atomic E-state index is 0.195. The van der Waals surface area contributed by atoms with Gasteiger partial charge in [0.25, 0.3) is 0 Å². The average Bonchev–Trinajstić information content (AvgIpc) is 2.67. The molecule has 2 aliphatic heterocycles. The zero-order chi connectivity index (χ0) is 17.7. The molecule has 2 rings (SSSR count). The third-order valence-electron chi connectivity index (χ3n) is 4.98. The molecule has 25 heavy (non-hydrogen) atoms. The number of ether oxygens (including phenoxy) is 1. The highest BCUT2D eigenvalue weighted by Gasteiger charge is 2.17. The van der Waals surface area contributed by atoms with Crippen LogP contribution < -0.4 is 0 Å². The second-order valence-corrected chi connectivity index (χ2v) is 7.01. The van der Waals surface area contributed by atoms with E-state index in [1.54, 1.807) is 0 Å². The standard InChI is InChI=1S/C21H32N2O2/c1-25-21(24)20(12-4-10-18-22-14-6-2-7-15-22)13-5-11-19-23-16-8-3-9-17-23/h20H,2-3,6-9,12-19H2,1H3. The van der Waals surface area contributed by atoms with Gasteiger partial charge in [-0.15, -0.1) is 11.8 Å². The van der Waals surface area contributed by atoms with Crippen LogP contribution in [0.1, 0.15) is 51.4 Å². The van der Waals surface area contributed by atoms with E-state index < -0.39 is 0 Å². The van der Waals surface area contributed by atoms with Crippen molar-refractivity contribution in [3.05, 3.63) is 0 Å². The zero-order valence-corrected chi connectivity index (χ0v) is 15.7. The predicted octanol–water partition coefficient (Wildman–Crippen LogP) is 2.53. The van der Waals surface area contributed by atoms with Crippen LogP contribution in [0.4, 0.5) is 0 Å². The van der Waals surface area contributed by atoms with E-state index in [1.165, 1.54) is 45.6 Å². The molecule has 0 aromatic carbocycles. The summed E-state index contributed by atoms with van der Waals surface area (Å²) >= 11 is 0. The SMILES string of the molecule is COC(=O)C(CC#CCN1CCCCC1)CC#CCN1CCCCC1. The quantitative estimate of drug-likeness (QED) is 0.567. The molecule has 0 saturated carbocycles. The number of hydrogen-bond donors (Lipinski definition) is 0. The lowest BCUT2D eigenvalue weighted by Crippen LogP contribution is -2.30. The normalized spacial score (nSPS) is 18.8. The summed E-state index contributed by atoms with van der Waals surface area (Å²) in [6.07, 6.45) is 8.86. The van der Waals surface area contributed by atoms with Crippen LogP contribution in [0.3, 0.4) is 0 Å². The van der Waals surface area contributed by atoms with Crippen LogP contribution in [0.15, 0.2) is 0 Å². The lowest BCUT2D eigenvalue weighted by Gasteiger charge is -2.23. The van der Waals surface area contributed by atoms with Crippen molar-refractivity contribution in [2.45, 2.75) is 51.4 Å². The fraction of sp³-hybridized carbons (Fsp3) is 0.762. The second kappa shape index (κ2) is 12.0. The number of carbonyl (C=O) groups is 1. The van der Waals surface area contributed by atoms with E-state index in [4.69, 9.17) is 4.74 Å². The summed E-state index contributed by atoms with van der Waals surface area (Å²) in [5, 5.41) is 0. The fourth-order valence-electron chi connectivity index (χ4n) is 3.37. The summed E-state index contributed by atoms with van der Waals surface area (Å²) in [7, 11) is 1.44. The van der Waals surface area contributed by atoms with E-state index in [-0.39, 0.29) is 11.9 Å². The highest BCUT2D eigenvalue weighted by molar-refractivity contribution is 5.73. The minimum atomic E-state index is -0.229. The summed E-state index contributed by atoms with van der Waals surface area (Å²) in [5.74, 6) is 12.3. The monoisotopic (exact) mass is 344 g/mol. The van der Waals surface area contributed by atoms with Gasteiger partial charge >= 0.3 is 5.97 Å². The van der Waals surface area contributed by atoms with Gasteiger partial charge in [0.1, 0.15) is 0 Å². The molecule has 0 aromatic rings. The van der Waals surface area contributed by atoms with Crippen LogP contribution in [0.5, 0.6) is 0 Å². The van der Waals surface area contributed by atoms with E-state index in [0.717, 1.165) is 39.3 Å². The van der Waals surface area contributed by atoms with Gasteiger partial charge in [0, 0.05) is 12.8 Å². The van der Waals surface area contributed by atoms with Crippen molar-refractivity contribution < 1.29 is 9.53 Å². The number of likely N-dealkylation sites (tertiary alicyclic amines) is 2. The molecular formula is C21H32N2O2. The Morgan fingerprint density at radius 1 is 0.800 bits per heavy atom. The lowest BCUT2D eigenvalue weighted by molar-refractivity contribution is -0.145. The van der Waals surface area contributed by atoms with Crippen LogP contribution in [0, 0.1) is 29.6 Å². The van der Waals surface area contributed by atoms with E-state index in [1.807, 2.05) is 0 Å². The molecule has 0 N–H and O–H groups in total. The highest BCUT2D eigenvalue weighted by Crippen LogP contribution is 2.11. The highest BCUT2D eigenvalue weighted by atomic mass is 16.5. The van der Waals surface area contributed by atoms with Crippen molar-refractivity contribution >= 4 is 5.97 Å². The molecule has 0 unspecified atom stereocenters. The van der Waals surface area contributed by atoms with Crippen molar-refractivity contribution in [3.8, 4) is 23.7 Å². The summed E-state index contributed by atoms with van der Waals surface area (Å²) in [6, 6.07) is 0. The first-order valence-corrected chi connectivity index (χ1v) is 9.73. The molecule has 0 radical (unpaired) electrons. The molecule has 2 saturated heterocycles. The lowest BCUT2D eigenvalue weighted by atomic mass is 10.0. The molecule has 2 fully saturated rings. The van der Waals surface area contributed by atoms with Crippen molar-refractivity contribution in [3.63, 3.8) is 0 Å². The Balaban J connectivity index is 1.73. The number of esters is 1. The van der Waals surface area contributed by atoms with E-state index in [2.05, 4.69) is 33.5 Å². The molecule has 0 atom stereocenters. The van der Waals surface area contributed by atoms with Crippen molar-refractivity contribution in [2.24, 2.45) is 5.92 Å². The van der Waals surface area contributed by atoms with Crippen LogP contribution in [0.2, 0.25) is 0 Å². The van der Waals surface area contributed by atoms with E-state index in [9.17, 15) is 4.79 Å². The Kier molecular flexibility index (Phi) is 9.49. The van der Waals surface area contributed by atoms with E-state index >= 15 is 0 Å². The Morgan fingerprint density at radius 3 is 1.64 bits per heavy atom. The Hall–Kier alpha value is -1.49. The first-order chi connectivity index (χ1) is 12.3. The molecule has 138 valence electrons. The van der Waals surface area contributed by atoms with E-state index in [0.29, 0.717) is 12.8 Å². The van der Waals surface area contributed by atoms with Crippen molar-refractivity contribution in [1.29, 1.82) is 0 Å². The number of methoxy groups -OCH3 is 1. The third-order valence-corrected chi connectivity index (χ3v) is 4.98. The molecule has 0 aliphatic carbocycles. The average molecular weight is 344 g/mol. The Morgan fingerprint density at radius 2 is 1.24 bits per heavy atom. The molecule has 0 bridgehead atoms. The largest absolute Gasteiger partial charge is 0.469 e. The molecule has 4 nitrogen and oxygen atoms in total. The Labute approximate surface area is 153 Å². The Bertz CT molecular complexity index is 471. The molecular weight excluding hydrogens is 312 g/mol. The first kappa shape index (κ1) is 19.8. The van der Waals surface area contributed by atoms with Crippen LogP contribution in [-0.2, 0) is 9.53 Å². The van der Waals surface area contributed by atoms with Gasteiger partial charge in [0.05, 0.1) is 26.1 Å². The summed E-state index contributed by atoms with van der Waals surface area (Å²) in [4.78, 5) is 16.7. The van der Waals surface area contributed by atoms with Crippen molar-refractivity contribution in [2.75, 3.05) is 46.4 Å². The number of carbonyl (C=O) groups excluding carboxylic acids is 1.